The van der Waals surface area contributed by atoms with E-state index in [-0.39, 0.29) is 35.1 Å². The molecule has 0 saturated carbocycles. The molecule has 23 heavy (non-hydrogen) atoms. The lowest BCUT2D eigenvalue weighted by Crippen LogP contribution is -2.07. The van der Waals surface area contributed by atoms with Crippen LogP contribution in [0.3, 0.4) is 0 Å². The molecule has 120 valence electrons. The third kappa shape index (κ3) is 2.27. The lowest BCUT2D eigenvalue weighted by Gasteiger charge is -2.13. The molecule has 0 radical (unpaired) electrons. The first-order valence-corrected chi connectivity index (χ1v) is 7.05. The molecule has 2 N–H and O–H groups in total. The Morgan fingerprint density at radius 1 is 1.13 bits per heavy atom. The first-order chi connectivity index (χ1) is 11.1. The molecule has 0 amide bonds. The van der Waals surface area contributed by atoms with Crippen LogP contribution in [0, 0.1) is 0 Å². The molecule has 0 saturated heterocycles. The van der Waals surface area contributed by atoms with Gasteiger partial charge in [0, 0.05) is 24.7 Å². The normalized spacial score (nSPS) is 11.1. The van der Waals surface area contributed by atoms with Crippen molar-refractivity contribution in [1.29, 1.82) is 0 Å². The largest absolute Gasteiger partial charge is 0.507 e. The topological polar surface area (TPSA) is 89.1 Å². The van der Waals surface area contributed by atoms with Gasteiger partial charge in [-0.2, -0.15) is 0 Å². The van der Waals surface area contributed by atoms with E-state index in [0.29, 0.717) is 22.6 Å². The SMILES string of the molecule is COc1cc(O)c2c(=O)c3c(OC)cccc3oc2c1CCO. The Balaban J connectivity index is 2.55. The Labute approximate surface area is 131 Å². The van der Waals surface area contributed by atoms with E-state index in [2.05, 4.69) is 0 Å². The molecular weight excluding hydrogens is 300 g/mol. The van der Waals surface area contributed by atoms with E-state index in [1.165, 1.54) is 20.3 Å². The monoisotopic (exact) mass is 316 g/mol. The fourth-order valence-electron chi connectivity index (χ4n) is 2.75. The van der Waals surface area contributed by atoms with Crippen molar-refractivity contribution in [2.24, 2.45) is 0 Å². The number of aromatic hydroxyl groups is 1. The van der Waals surface area contributed by atoms with E-state index >= 15 is 0 Å². The Kier molecular flexibility index (Phi) is 3.83. The molecule has 0 atom stereocenters. The fourth-order valence-corrected chi connectivity index (χ4v) is 2.75. The number of benzene rings is 2. The third-order valence-electron chi connectivity index (χ3n) is 3.78. The zero-order chi connectivity index (χ0) is 16.6. The zero-order valence-corrected chi connectivity index (χ0v) is 12.8. The summed E-state index contributed by atoms with van der Waals surface area (Å²) in [5.41, 5.74) is 0.693. The lowest BCUT2D eigenvalue weighted by molar-refractivity contribution is 0.296. The highest BCUT2D eigenvalue weighted by Gasteiger charge is 2.20. The second-order valence-electron chi connectivity index (χ2n) is 5.02. The van der Waals surface area contributed by atoms with Crippen molar-refractivity contribution in [3.8, 4) is 17.2 Å². The minimum Gasteiger partial charge on any atom is -0.507 e. The van der Waals surface area contributed by atoms with E-state index in [0.717, 1.165) is 0 Å². The van der Waals surface area contributed by atoms with Crippen LogP contribution in [-0.4, -0.2) is 31.0 Å². The standard InChI is InChI=1S/C17H16O6/c1-21-11-4-3-5-12-15(11)16(20)14-10(19)8-13(22-2)9(6-7-18)17(14)23-12/h3-5,8,18-19H,6-7H2,1-2H3. The quantitative estimate of drug-likeness (QED) is 0.717. The number of phenolic OH excluding ortho intramolecular Hbond substituents is 1. The summed E-state index contributed by atoms with van der Waals surface area (Å²) in [6.45, 7) is -0.143. The average molecular weight is 316 g/mol. The minimum absolute atomic E-state index is 0.0475. The highest BCUT2D eigenvalue weighted by Crippen LogP contribution is 2.36. The predicted octanol–water partition coefficient (Wildman–Crippen LogP) is 2.20. The van der Waals surface area contributed by atoms with Gasteiger partial charge in [0.05, 0.1) is 14.2 Å². The minimum atomic E-state index is -0.391. The summed E-state index contributed by atoms with van der Waals surface area (Å²) in [6, 6.07) is 6.37. The van der Waals surface area contributed by atoms with Gasteiger partial charge >= 0.3 is 0 Å². The van der Waals surface area contributed by atoms with E-state index in [9.17, 15) is 15.0 Å². The maximum atomic E-state index is 12.8. The molecule has 0 aliphatic carbocycles. The molecule has 1 aromatic heterocycles. The van der Waals surface area contributed by atoms with Gasteiger partial charge in [0.15, 0.2) is 0 Å². The first kappa shape index (κ1) is 15.2. The highest BCUT2D eigenvalue weighted by atomic mass is 16.5. The second-order valence-corrected chi connectivity index (χ2v) is 5.02. The lowest BCUT2D eigenvalue weighted by atomic mass is 10.0. The molecule has 0 spiro atoms. The van der Waals surface area contributed by atoms with Crippen LogP contribution in [0.2, 0.25) is 0 Å². The Morgan fingerprint density at radius 2 is 1.87 bits per heavy atom. The van der Waals surface area contributed by atoms with Crippen molar-refractivity contribution < 1.29 is 24.1 Å². The van der Waals surface area contributed by atoms with Crippen molar-refractivity contribution in [3.05, 3.63) is 40.1 Å². The van der Waals surface area contributed by atoms with Gasteiger partial charge in [0.2, 0.25) is 5.43 Å². The van der Waals surface area contributed by atoms with Crippen LogP contribution >= 0.6 is 0 Å². The summed E-state index contributed by atoms with van der Waals surface area (Å²) in [5, 5.41) is 19.8. The van der Waals surface area contributed by atoms with Gasteiger partial charge in [0.25, 0.3) is 0 Å². The Bertz CT molecular complexity index is 941. The van der Waals surface area contributed by atoms with Gasteiger partial charge < -0.3 is 24.1 Å². The van der Waals surface area contributed by atoms with Crippen molar-refractivity contribution in [3.63, 3.8) is 0 Å². The van der Waals surface area contributed by atoms with Gasteiger partial charge in [0.1, 0.15) is 39.2 Å². The Hall–Kier alpha value is -2.73. The first-order valence-electron chi connectivity index (χ1n) is 7.05. The van der Waals surface area contributed by atoms with Gasteiger partial charge in [-0.05, 0) is 12.1 Å². The van der Waals surface area contributed by atoms with E-state index in [4.69, 9.17) is 13.9 Å². The van der Waals surface area contributed by atoms with Crippen molar-refractivity contribution in [1.82, 2.24) is 0 Å². The van der Waals surface area contributed by atoms with Crippen LogP contribution in [0.15, 0.2) is 33.5 Å². The molecule has 1 heterocycles. The van der Waals surface area contributed by atoms with Crippen LogP contribution in [0.25, 0.3) is 21.9 Å². The van der Waals surface area contributed by atoms with Crippen LogP contribution in [0.5, 0.6) is 17.2 Å². The molecule has 0 aliphatic heterocycles. The van der Waals surface area contributed by atoms with E-state index in [1.807, 2.05) is 0 Å². The van der Waals surface area contributed by atoms with Gasteiger partial charge in [-0.25, -0.2) is 0 Å². The van der Waals surface area contributed by atoms with E-state index in [1.54, 1.807) is 18.2 Å². The highest BCUT2D eigenvalue weighted by molar-refractivity contribution is 5.97. The Morgan fingerprint density at radius 3 is 2.52 bits per heavy atom. The number of hydrogen-bond donors (Lipinski definition) is 2. The molecule has 0 unspecified atom stereocenters. The van der Waals surface area contributed by atoms with Crippen molar-refractivity contribution in [2.45, 2.75) is 6.42 Å². The van der Waals surface area contributed by atoms with Gasteiger partial charge in [-0.3, -0.25) is 4.79 Å². The molecule has 0 fully saturated rings. The number of rotatable bonds is 4. The third-order valence-corrected chi connectivity index (χ3v) is 3.78. The molecule has 6 nitrogen and oxygen atoms in total. The second kappa shape index (κ2) is 5.81. The molecular formula is C17H16O6. The summed E-state index contributed by atoms with van der Waals surface area (Å²) >= 11 is 0. The van der Waals surface area contributed by atoms with Crippen LogP contribution in [0.1, 0.15) is 5.56 Å². The average Bonchev–Trinajstić information content (AvgIpc) is 2.56. The molecule has 3 aromatic rings. The van der Waals surface area contributed by atoms with Crippen LogP contribution < -0.4 is 14.9 Å². The maximum Gasteiger partial charge on any atom is 0.208 e. The summed E-state index contributed by atoms with van der Waals surface area (Å²) < 4.78 is 16.3. The predicted molar refractivity (Wildman–Crippen MR) is 85.5 cm³/mol. The zero-order valence-electron chi connectivity index (χ0n) is 12.8. The molecule has 6 heteroatoms. The summed E-state index contributed by atoms with van der Waals surface area (Å²) in [7, 11) is 2.91. The number of ether oxygens (including phenoxy) is 2. The molecule has 3 rings (SSSR count). The van der Waals surface area contributed by atoms with Crippen LogP contribution in [0.4, 0.5) is 0 Å². The van der Waals surface area contributed by atoms with Gasteiger partial charge in [-0.15, -0.1) is 0 Å². The van der Waals surface area contributed by atoms with Crippen molar-refractivity contribution in [2.75, 3.05) is 20.8 Å². The number of phenols is 1. The van der Waals surface area contributed by atoms with Gasteiger partial charge in [-0.1, -0.05) is 6.07 Å². The molecule has 0 aliphatic rings. The molecule has 0 bridgehead atoms. The maximum absolute atomic E-state index is 12.8. The summed E-state index contributed by atoms with van der Waals surface area (Å²) in [4.78, 5) is 12.8. The number of aliphatic hydroxyl groups is 1. The number of methoxy groups -OCH3 is 2. The number of fused-ring (bicyclic) bond motifs is 2. The fraction of sp³-hybridized carbons (Fsp3) is 0.235. The van der Waals surface area contributed by atoms with E-state index < -0.39 is 5.43 Å². The van der Waals surface area contributed by atoms with Crippen LogP contribution in [-0.2, 0) is 6.42 Å². The number of hydrogen-bond acceptors (Lipinski definition) is 6. The smallest absolute Gasteiger partial charge is 0.208 e. The molecule has 2 aromatic carbocycles. The van der Waals surface area contributed by atoms with Crippen molar-refractivity contribution >= 4 is 21.9 Å². The summed E-state index contributed by atoms with van der Waals surface area (Å²) in [5.74, 6) is 0.492. The number of aliphatic hydroxyl groups excluding tert-OH is 1. The summed E-state index contributed by atoms with van der Waals surface area (Å²) in [6.07, 6.45) is 0.234.